The van der Waals surface area contributed by atoms with Crippen molar-refractivity contribution in [2.75, 3.05) is 25.5 Å². The van der Waals surface area contributed by atoms with Crippen LogP contribution in [0.3, 0.4) is 0 Å². The molecule has 0 bridgehead atoms. The lowest BCUT2D eigenvalue weighted by molar-refractivity contribution is -0.155. The standard InChI is InChI=1S/C13H23N3O2/c1-4-15-11(13(17-5-2)18-6-3)10-8-7-9-16-12(10)14/h7-9,11,13,15H,4-6H2,1-3H3,(H2,14,16). The van der Waals surface area contributed by atoms with Gasteiger partial charge in [-0.15, -0.1) is 0 Å². The van der Waals surface area contributed by atoms with Crippen LogP contribution < -0.4 is 11.1 Å². The summed E-state index contributed by atoms with van der Waals surface area (Å²) in [4.78, 5) is 4.11. The third kappa shape index (κ3) is 3.94. The molecule has 1 aromatic heterocycles. The molecular formula is C13H23N3O2. The molecule has 1 rings (SSSR count). The molecule has 3 N–H and O–H groups in total. The third-order valence-electron chi connectivity index (χ3n) is 2.56. The SMILES string of the molecule is CCNC(c1cccnc1N)C(OCC)OCC. The zero-order chi connectivity index (χ0) is 13.4. The largest absolute Gasteiger partial charge is 0.383 e. The molecule has 0 spiro atoms. The molecule has 1 unspecified atom stereocenters. The van der Waals surface area contributed by atoms with Crippen LogP contribution in [0.4, 0.5) is 5.82 Å². The van der Waals surface area contributed by atoms with E-state index in [9.17, 15) is 0 Å². The second-order valence-corrected chi connectivity index (χ2v) is 3.79. The van der Waals surface area contributed by atoms with E-state index in [1.807, 2.05) is 32.9 Å². The van der Waals surface area contributed by atoms with Gasteiger partial charge in [-0.2, -0.15) is 0 Å². The lowest BCUT2D eigenvalue weighted by atomic mass is 10.1. The molecular weight excluding hydrogens is 230 g/mol. The summed E-state index contributed by atoms with van der Waals surface area (Å²) in [5.74, 6) is 0.507. The number of nitrogens with two attached hydrogens (primary N) is 1. The number of anilines is 1. The number of hydrogen-bond acceptors (Lipinski definition) is 5. The average Bonchev–Trinajstić information content (AvgIpc) is 2.37. The topological polar surface area (TPSA) is 69.4 Å². The van der Waals surface area contributed by atoms with Crippen LogP contribution in [0.25, 0.3) is 0 Å². The molecule has 0 saturated heterocycles. The van der Waals surface area contributed by atoms with Gasteiger partial charge in [-0.3, -0.25) is 0 Å². The summed E-state index contributed by atoms with van der Waals surface area (Å²) >= 11 is 0. The zero-order valence-electron chi connectivity index (χ0n) is 11.3. The summed E-state index contributed by atoms with van der Waals surface area (Å²) in [6.45, 7) is 7.91. The van der Waals surface area contributed by atoms with E-state index < -0.39 is 0 Å². The van der Waals surface area contributed by atoms with Crippen LogP contribution in [-0.2, 0) is 9.47 Å². The normalized spacial score (nSPS) is 12.9. The summed E-state index contributed by atoms with van der Waals surface area (Å²) in [6, 6.07) is 3.70. The molecule has 0 radical (unpaired) electrons. The fourth-order valence-electron chi connectivity index (χ4n) is 1.83. The Morgan fingerprint density at radius 2 is 1.94 bits per heavy atom. The van der Waals surface area contributed by atoms with Crippen LogP contribution in [0.5, 0.6) is 0 Å². The minimum Gasteiger partial charge on any atom is -0.383 e. The second-order valence-electron chi connectivity index (χ2n) is 3.79. The van der Waals surface area contributed by atoms with E-state index in [1.165, 1.54) is 0 Å². The molecule has 0 aliphatic rings. The number of nitrogens with zero attached hydrogens (tertiary/aromatic N) is 1. The molecule has 5 heteroatoms. The van der Waals surface area contributed by atoms with Gasteiger partial charge in [-0.25, -0.2) is 4.98 Å². The number of nitrogens with one attached hydrogen (secondary N) is 1. The highest BCUT2D eigenvalue weighted by Gasteiger charge is 2.25. The van der Waals surface area contributed by atoms with Crippen LogP contribution in [0.1, 0.15) is 32.4 Å². The van der Waals surface area contributed by atoms with Crippen molar-refractivity contribution in [3.05, 3.63) is 23.9 Å². The first-order valence-electron chi connectivity index (χ1n) is 6.41. The van der Waals surface area contributed by atoms with E-state index in [2.05, 4.69) is 10.3 Å². The number of likely N-dealkylation sites (N-methyl/N-ethyl adjacent to an activating group) is 1. The van der Waals surface area contributed by atoms with Gasteiger partial charge in [0.2, 0.25) is 0 Å². The molecule has 0 aromatic carbocycles. The molecule has 0 aliphatic carbocycles. The van der Waals surface area contributed by atoms with Crippen LogP contribution in [0.2, 0.25) is 0 Å². The summed E-state index contributed by atoms with van der Waals surface area (Å²) in [5.41, 5.74) is 6.83. The molecule has 1 heterocycles. The monoisotopic (exact) mass is 253 g/mol. The van der Waals surface area contributed by atoms with Crippen molar-refractivity contribution < 1.29 is 9.47 Å². The third-order valence-corrected chi connectivity index (χ3v) is 2.56. The fraction of sp³-hybridized carbons (Fsp3) is 0.615. The van der Waals surface area contributed by atoms with E-state index in [1.54, 1.807) is 6.20 Å². The highest BCUT2D eigenvalue weighted by Crippen LogP contribution is 2.24. The molecule has 102 valence electrons. The Bertz CT molecular complexity index is 341. The van der Waals surface area contributed by atoms with Crippen molar-refractivity contribution in [1.82, 2.24) is 10.3 Å². The minimum atomic E-state index is -0.355. The fourth-order valence-corrected chi connectivity index (χ4v) is 1.83. The lowest BCUT2D eigenvalue weighted by Crippen LogP contribution is -2.36. The van der Waals surface area contributed by atoms with E-state index in [4.69, 9.17) is 15.2 Å². The zero-order valence-corrected chi connectivity index (χ0v) is 11.3. The summed E-state index contributed by atoms with van der Waals surface area (Å²) < 4.78 is 11.3. The number of hydrogen-bond donors (Lipinski definition) is 2. The van der Waals surface area contributed by atoms with Gasteiger partial charge in [-0.1, -0.05) is 13.0 Å². The maximum atomic E-state index is 5.92. The van der Waals surface area contributed by atoms with Crippen molar-refractivity contribution >= 4 is 5.82 Å². The number of aromatic nitrogens is 1. The Morgan fingerprint density at radius 1 is 1.28 bits per heavy atom. The van der Waals surface area contributed by atoms with Crippen molar-refractivity contribution in [2.24, 2.45) is 0 Å². The Hall–Kier alpha value is -1.17. The van der Waals surface area contributed by atoms with Gasteiger partial charge in [-0.05, 0) is 26.5 Å². The number of rotatable bonds is 8. The lowest BCUT2D eigenvalue weighted by Gasteiger charge is -2.28. The summed E-state index contributed by atoms with van der Waals surface area (Å²) in [7, 11) is 0. The van der Waals surface area contributed by atoms with Gasteiger partial charge < -0.3 is 20.5 Å². The quantitative estimate of drug-likeness (QED) is 0.690. The first-order chi connectivity index (χ1) is 8.74. The molecule has 0 fully saturated rings. The van der Waals surface area contributed by atoms with Crippen LogP contribution in [0.15, 0.2) is 18.3 Å². The predicted octanol–water partition coefficient (Wildman–Crippen LogP) is 1.71. The van der Waals surface area contributed by atoms with Gasteiger partial charge in [0.05, 0.1) is 6.04 Å². The molecule has 1 atom stereocenters. The van der Waals surface area contributed by atoms with Gasteiger partial charge in [0.25, 0.3) is 0 Å². The van der Waals surface area contributed by atoms with E-state index >= 15 is 0 Å². The molecule has 1 aromatic rings. The smallest absolute Gasteiger partial charge is 0.176 e. The molecule has 0 aliphatic heterocycles. The van der Waals surface area contributed by atoms with Gasteiger partial charge in [0.1, 0.15) is 5.82 Å². The Labute approximate surface area is 109 Å². The Morgan fingerprint density at radius 3 is 2.44 bits per heavy atom. The highest BCUT2D eigenvalue weighted by molar-refractivity contribution is 5.41. The minimum absolute atomic E-state index is 0.108. The van der Waals surface area contributed by atoms with Crippen LogP contribution >= 0.6 is 0 Å². The van der Waals surface area contributed by atoms with E-state index in [0.29, 0.717) is 19.0 Å². The van der Waals surface area contributed by atoms with Crippen molar-refractivity contribution in [3.63, 3.8) is 0 Å². The first-order valence-corrected chi connectivity index (χ1v) is 6.41. The predicted molar refractivity (Wildman–Crippen MR) is 72.1 cm³/mol. The van der Waals surface area contributed by atoms with Gasteiger partial charge >= 0.3 is 0 Å². The number of nitrogen functional groups attached to an aromatic ring is 1. The summed E-state index contributed by atoms with van der Waals surface area (Å²) in [5, 5.41) is 3.34. The maximum absolute atomic E-state index is 5.92. The van der Waals surface area contributed by atoms with Gasteiger partial charge in [0, 0.05) is 25.0 Å². The van der Waals surface area contributed by atoms with Crippen molar-refractivity contribution in [1.29, 1.82) is 0 Å². The molecule has 5 nitrogen and oxygen atoms in total. The summed E-state index contributed by atoms with van der Waals surface area (Å²) in [6.07, 6.45) is 1.32. The van der Waals surface area contributed by atoms with Crippen molar-refractivity contribution in [3.8, 4) is 0 Å². The second kappa shape index (κ2) is 8.02. The van der Waals surface area contributed by atoms with Gasteiger partial charge in [0.15, 0.2) is 6.29 Å². The van der Waals surface area contributed by atoms with Crippen LogP contribution in [0, 0.1) is 0 Å². The average molecular weight is 253 g/mol. The maximum Gasteiger partial charge on any atom is 0.176 e. The van der Waals surface area contributed by atoms with Crippen molar-refractivity contribution in [2.45, 2.75) is 33.1 Å². The Balaban J connectivity index is 2.95. The number of ether oxygens (including phenoxy) is 2. The van der Waals surface area contributed by atoms with E-state index in [0.717, 1.165) is 12.1 Å². The first kappa shape index (κ1) is 14.9. The van der Waals surface area contributed by atoms with E-state index in [-0.39, 0.29) is 12.3 Å². The molecule has 0 saturated carbocycles. The highest BCUT2D eigenvalue weighted by atomic mass is 16.7. The molecule has 0 amide bonds. The Kier molecular flexibility index (Phi) is 6.64. The van der Waals surface area contributed by atoms with Crippen LogP contribution in [-0.4, -0.2) is 31.0 Å². The number of pyridine rings is 1. The molecule has 18 heavy (non-hydrogen) atoms.